The van der Waals surface area contributed by atoms with Crippen molar-refractivity contribution in [2.75, 3.05) is 20.3 Å². The van der Waals surface area contributed by atoms with Crippen LogP contribution in [0.1, 0.15) is 28.4 Å². The van der Waals surface area contributed by atoms with Crippen molar-refractivity contribution in [1.29, 1.82) is 0 Å². The van der Waals surface area contributed by atoms with Crippen LogP contribution in [0.15, 0.2) is 69.8 Å². The number of rotatable bonds is 7. The number of ether oxygens (including phenoxy) is 3. The van der Waals surface area contributed by atoms with Crippen LogP contribution in [-0.4, -0.2) is 48.3 Å². The Balaban J connectivity index is 1.87. The van der Waals surface area contributed by atoms with Crippen LogP contribution in [0.2, 0.25) is 0 Å². The average molecular weight is 482 g/mol. The summed E-state index contributed by atoms with van der Waals surface area (Å²) in [6.45, 7) is 3.44. The Hall–Kier alpha value is -3.85. The molecule has 1 aliphatic heterocycles. The average Bonchev–Trinajstić information content (AvgIpc) is 3.13. The maximum Gasteiger partial charge on any atom is 0.344 e. The molecule has 1 aliphatic rings. The normalized spacial score (nSPS) is 15.5. The third kappa shape index (κ3) is 6.14. The molecule has 9 heteroatoms. The highest BCUT2D eigenvalue weighted by atomic mass is 32.2. The Morgan fingerprint density at radius 3 is 2.35 bits per heavy atom. The Labute approximate surface area is 200 Å². The van der Waals surface area contributed by atoms with Crippen LogP contribution >= 0.6 is 11.8 Å². The quantitative estimate of drug-likeness (QED) is 0.585. The molecule has 2 aromatic carbocycles. The summed E-state index contributed by atoms with van der Waals surface area (Å²) >= 11 is 0.996. The predicted molar refractivity (Wildman–Crippen MR) is 129 cm³/mol. The van der Waals surface area contributed by atoms with Crippen molar-refractivity contribution in [3.63, 3.8) is 0 Å². The van der Waals surface area contributed by atoms with Gasteiger partial charge in [0.05, 0.1) is 18.6 Å². The van der Waals surface area contributed by atoms with E-state index in [1.54, 1.807) is 61.5 Å². The number of thioether (sulfide) groups is 1. The molecule has 1 heterocycles. The Morgan fingerprint density at radius 2 is 1.74 bits per heavy atom. The lowest BCUT2D eigenvalue weighted by atomic mass is 10.1. The number of aliphatic hydroxyl groups excluding tert-OH is 1. The molecule has 0 spiro atoms. The van der Waals surface area contributed by atoms with E-state index in [9.17, 15) is 19.5 Å². The summed E-state index contributed by atoms with van der Waals surface area (Å²) in [5, 5.41) is 10.8. The van der Waals surface area contributed by atoms with E-state index in [0.29, 0.717) is 21.8 Å². The lowest BCUT2D eigenvalue weighted by Gasteiger charge is -2.05. The third-order valence-corrected chi connectivity index (χ3v) is 5.65. The smallest absolute Gasteiger partial charge is 0.344 e. The van der Waals surface area contributed by atoms with Crippen LogP contribution < -0.4 is 4.74 Å². The minimum Gasteiger partial charge on any atom is -0.506 e. The van der Waals surface area contributed by atoms with Crippen LogP contribution in [0.5, 0.6) is 5.75 Å². The molecule has 0 aliphatic carbocycles. The van der Waals surface area contributed by atoms with E-state index in [1.807, 2.05) is 6.92 Å². The van der Waals surface area contributed by atoms with Gasteiger partial charge in [0, 0.05) is 5.56 Å². The Morgan fingerprint density at radius 1 is 1.06 bits per heavy atom. The number of esters is 2. The van der Waals surface area contributed by atoms with E-state index in [2.05, 4.69) is 9.73 Å². The number of benzene rings is 2. The Bertz CT molecular complexity index is 1180. The molecular formula is C25H23NO7S. The largest absolute Gasteiger partial charge is 0.506 e. The molecule has 176 valence electrons. The number of aliphatic hydroxyl groups is 1. The van der Waals surface area contributed by atoms with E-state index in [-0.39, 0.29) is 29.6 Å². The number of methoxy groups -OCH3 is 1. The van der Waals surface area contributed by atoms with E-state index in [0.717, 1.165) is 17.3 Å². The predicted octanol–water partition coefficient (Wildman–Crippen LogP) is 4.25. The highest BCUT2D eigenvalue weighted by molar-refractivity contribution is 8.18. The molecule has 1 amide bonds. The van der Waals surface area contributed by atoms with Crippen LogP contribution in [-0.2, 0) is 19.1 Å². The first-order valence-corrected chi connectivity index (χ1v) is 11.1. The fraction of sp³-hybridized carbons (Fsp3) is 0.200. The van der Waals surface area contributed by atoms with Crippen molar-refractivity contribution in [1.82, 2.24) is 0 Å². The van der Waals surface area contributed by atoms with Crippen LogP contribution in [0.25, 0.3) is 6.08 Å². The maximum absolute atomic E-state index is 12.7. The summed E-state index contributed by atoms with van der Waals surface area (Å²) in [7, 11) is 1.27. The molecule has 0 unspecified atom stereocenters. The highest BCUT2D eigenvalue weighted by Gasteiger charge is 2.33. The number of aryl methyl sites for hydroxylation is 1. The van der Waals surface area contributed by atoms with E-state index in [4.69, 9.17) is 9.47 Å². The third-order valence-electron chi connectivity index (χ3n) is 4.63. The van der Waals surface area contributed by atoms with Gasteiger partial charge in [0.25, 0.3) is 5.91 Å². The van der Waals surface area contributed by atoms with Gasteiger partial charge in [-0.05, 0) is 49.8 Å². The summed E-state index contributed by atoms with van der Waals surface area (Å²) in [6.07, 6.45) is 1.64. The molecule has 0 saturated carbocycles. The number of carbonyl (C=O) groups excluding carboxylic acids is 3. The molecule has 0 fully saturated rings. The number of hydrogen-bond acceptors (Lipinski definition) is 8. The number of carbonyl (C=O) groups is 3. The van der Waals surface area contributed by atoms with Crippen molar-refractivity contribution in [2.24, 2.45) is 4.99 Å². The van der Waals surface area contributed by atoms with Gasteiger partial charge in [-0.25, -0.2) is 14.6 Å². The van der Waals surface area contributed by atoms with Gasteiger partial charge in [-0.1, -0.05) is 41.6 Å². The Kier molecular flexibility index (Phi) is 8.26. The topological polar surface area (TPSA) is 111 Å². The minimum atomic E-state index is -0.766. The molecular weight excluding hydrogens is 458 g/mol. The molecule has 1 N–H and O–H groups in total. The minimum absolute atomic E-state index is 0.0609. The van der Waals surface area contributed by atoms with Gasteiger partial charge in [0.15, 0.2) is 6.61 Å². The lowest BCUT2D eigenvalue weighted by molar-refractivity contribution is -0.143. The number of nitrogens with zero attached hydrogens (tertiary/aromatic N) is 1. The second-order valence-corrected chi connectivity index (χ2v) is 8.11. The van der Waals surface area contributed by atoms with Crippen molar-refractivity contribution >= 4 is 40.7 Å². The van der Waals surface area contributed by atoms with Gasteiger partial charge in [0.2, 0.25) is 0 Å². The second-order valence-electron chi connectivity index (χ2n) is 7.08. The zero-order chi connectivity index (χ0) is 24.7. The molecule has 8 nitrogen and oxygen atoms in total. The SMILES string of the molecule is CCOC(=O)C1=C(O)/C(=C\c2ccc(OCC(=O)OC)cc2)SC1=NC(=O)c1ccc(C)cc1. The van der Waals surface area contributed by atoms with Crippen LogP contribution in [0.4, 0.5) is 0 Å². The standard InChI is InChI=1S/C25H23NO7S/c1-4-32-25(30)21-22(28)19(13-16-7-11-18(12-8-16)33-14-20(27)31-3)34-24(21)26-23(29)17-9-5-15(2)6-10-17/h5-13,28H,4,14H2,1-3H3/b19-13+,26-24?. The first-order valence-electron chi connectivity index (χ1n) is 10.3. The van der Waals surface area contributed by atoms with Gasteiger partial charge in [-0.3, -0.25) is 4.79 Å². The molecule has 0 radical (unpaired) electrons. The summed E-state index contributed by atoms with van der Waals surface area (Å²) < 4.78 is 14.9. The van der Waals surface area contributed by atoms with Crippen LogP contribution in [0.3, 0.4) is 0 Å². The number of amides is 1. The highest BCUT2D eigenvalue weighted by Crippen LogP contribution is 2.39. The zero-order valence-corrected chi connectivity index (χ0v) is 19.7. The van der Waals surface area contributed by atoms with Crippen molar-refractivity contribution in [3.8, 4) is 5.75 Å². The number of hydrogen-bond donors (Lipinski definition) is 1. The second kappa shape index (κ2) is 11.3. The summed E-state index contributed by atoms with van der Waals surface area (Å²) in [4.78, 5) is 40.8. The van der Waals surface area contributed by atoms with E-state index in [1.165, 1.54) is 7.11 Å². The van der Waals surface area contributed by atoms with Crippen molar-refractivity contribution in [2.45, 2.75) is 13.8 Å². The molecule has 0 aromatic heterocycles. The first-order chi connectivity index (χ1) is 16.3. The molecule has 3 rings (SSSR count). The molecule has 0 bridgehead atoms. The fourth-order valence-corrected chi connectivity index (χ4v) is 3.87. The van der Waals surface area contributed by atoms with E-state index >= 15 is 0 Å². The molecule has 0 atom stereocenters. The fourth-order valence-electron chi connectivity index (χ4n) is 2.86. The summed E-state index contributed by atoms with van der Waals surface area (Å²) in [5.41, 5.74) is 1.89. The molecule has 0 saturated heterocycles. The first kappa shape index (κ1) is 24.8. The maximum atomic E-state index is 12.7. The van der Waals surface area contributed by atoms with Gasteiger partial charge in [-0.2, -0.15) is 0 Å². The monoisotopic (exact) mass is 481 g/mol. The van der Waals surface area contributed by atoms with Crippen molar-refractivity contribution in [3.05, 3.63) is 81.5 Å². The number of aliphatic imine (C=N–C) groups is 1. The zero-order valence-electron chi connectivity index (χ0n) is 18.9. The van der Waals surface area contributed by atoms with Gasteiger partial charge < -0.3 is 19.3 Å². The van der Waals surface area contributed by atoms with Crippen LogP contribution in [0, 0.1) is 6.92 Å². The van der Waals surface area contributed by atoms with Gasteiger partial charge >= 0.3 is 11.9 Å². The molecule has 34 heavy (non-hydrogen) atoms. The molecule has 2 aromatic rings. The summed E-state index contributed by atoms with van der Waals surface area (Å²) in [6, 6.07) is 13.6. The van der Waals surface area contributed by atoms with Gasteiger partial charge in [0.1, 0.15) is 22.1 Å². The van der Waals surface area contributed by atoms with Gasteiger partial charge in [-0.15, -0.1) is 0 Å². The summed E-state index contributed by atoms with van der Waals surface area (Å²) in [5.74, 6) is -1.65. The lowest BCUT2D eigenvalue weighted by Crippen LogP contribution is -2.14. The van der Waals surface area contributed by atoms with E-state index < -0.39 is 17.8 Å². The van der Waals surface area contributed by atoms with Crippen molar-refractivity contribution < 1.29 is 33.7 Å².